The molecule has 1 aromatic carbocycles. The number of benzene rings is 1. The number of aliphatic hydroxyl groups is 1. The maximum absolute atomic E-state index is 12.0. The molecule has 0 saturated heterocycles. The average Bonchev–Trinajstić information content (AvgIpc) is 2.94. The quantitative estimate of drug-likeness (QED) is 0.835. The molecule has 0 bridgehead atoms. The molecule has 1 N–H and O–H groups in total. The standard InChI is InChI=1S/C15H20N2O4S/c1-3-12-4-6-13(7-5-12)15-16-14(21-17-15)10-22(19,20)9-11(2)8-18/h4-7,11,18H,3,8-10H2,1-2H3. The van der Waals surface area contributed by atoms with Gasteiger partial charge >= 0.3 is 0 Å². The molecular weight excluding hydrogens is 304 g/mol. The second-order valence-corrected chi connectivity index (χ2v) is 7.51. The predicted molar refractivity (Wildman–Crippen MR) is 82.9 cm³/mol. The number of sulfone groups is 1. The van der Waals surface area contributed by atoms with Crippen molar-refractivity contribution in [2.45, 2.75) is 26.0 Å². The van der Waals surface area contributed by atoms with Gasteiger partial charge in [0.2, 0.25) is 11.7 Å². The second-order valence-electron chi connectivity index (χ2n) is 5.40. The third-order valence-electron chi connectivity index (χ3n) is 3.28. The third kappa shape index (κ3) is 4.38. The third-order valence-corrected chi connectivity index (χ3v) is 5.05. The fraction of sp³-hybridized carbons (Fsp3) is 0.467. The molecule has 0 aliphatic heterocycles. The zero-order chi connectivity index (χ0) is 16.2. The normalized spacial score (nSPS) is 13.2. The number of hydrogen-bond acceptors (Lipinski definition) is 6. The molecule has 0 saturated carbocycles. The summed E-state index contributed by atoms with van der Waals surface area (Å²) in [5, 5.41) is 12.8. The van der Waals surface area contributed by atoms with Crippen LogP contribution in [0.5, 0.6) is 0 Å². The molecule has 7 heteroatoms. The predicted octanol–water partition coefficient (Wildman–Crippen LogP) is 1.84. The van der Waals surface area contributed by atoms with Crippen molar-refractivity contribution in [2.75, 3.05) is 12.4 Å². The molecular formula is C15H20N2O4S. The topological polar surface area (TPSA) is 93.3 Å². The number of aryl methyl sites for hydroxylation is 1. The Morgan fingerprint density at radius 1 is 1.27 bits per heavy atom. The highest BCUT2D eigenvalue weighted by Crippen LogP contribution is 2.18. The van der Waals surface area contributed by atoms with Gasteiger partial charge in [-0.1, -0.05) is 43.3 Å². The molecule has 120 valence electrons. The summed E-state index contributed by atoms with van der Waals surface area (Å²) in [6.45, 7) is 3.57. The summed E-state index contributed by atoms with van der Waals surface area (Å²) in [4.78, 5) is 4.13. The number of aliphatic hydroxyl groups excluding tert-OH is 1. The number of hydrogen-bond donors (Lipinski definition) is 1. The lowest BCUT2D eigenvalue weighted by atomic mass is 10.1. The van der Waals surface area contributed by atoms with Crippen molar-refractivity contribution >= 4 is 9.84 Å². The minimum Gasteiger partial charge on any atom is -0.396 e. The Balaban J connectivity index is 2.10. The summed E-state index contributed by atoms with van der Waals surface area (Å²) in [5.41, 5.74) is 1.99. The lowest BCUT2D eigenvalue weighted by Crippen LogP contribution is -2.18. The van der Waals surface area contributed by atoms with E-state index in [9.17, 15) is 8.42 Å². The summed E-state index contributed by atoms with van der Waals surface area (Å²) < 4.78 is 28.9. The van der Waals surface area contributed by atoms with Crippen LogP contribution in [0, 0.1) is 5.92 Å². The highest BCUT2D eigenvalue weighted by atomic mass is 32.2. The average molecular weight is 324 g/mol. The van der Waals surface area contributed by atoms with Crippen LogP contribution in [0.1, 0.15) is 25.3 Å². The fourth-order valence-electron chi connectivity index (χ4n) is 2.05. The van der Waals surface area contributed by atoms with Crippen LogP contribution in [0.25, 0.3) is 11.4 Å². The molecule has 0 fully saturated rings. The molecule has 0 spiro atoms. The van der Waals surface area contributed by atoms with Crippen molar-refractivity contribution in [3.63, 3.8) is 0 Å². The number of rotatable bonds is 7. The SMILES string of the molecule is CCc1ccc(-c2noc(CS(=O)(=O)CC(C)CO)n2)cc1. The highest BCUT2D eigenvalue weighted by Gasteiger charge is 2.20. The van der Waals surface area contributed by atoms with Crippen molar-refractivity contribution in [1.29, 1.82) is 0 Å². The summed E-state index contributed by atoms with van der Waals surface area (Å²) >= 11 is 0. The van der Waals surface area contributed by atoms with Crippen LogP contribution in [0.2, 0.25) is 0 Å². The van der Waals surface area contributed by atoms with E-state index in [1.807, 2.05) is 24.3 Å². The molecule has 1 atom stereocenters. The summed E-state index contributed by atoms with van der Waals surface area (Å²) in [6.07, 6.45) is 0.944. The zero-order valence-corrected chi connectivity index (χ0v) is 13.5. The number of aromatic nitrogens is 2. The molecule has 6 nitrogen and oxygen atoms in total. The second kappa shape index (κ2) is 7.02. The van der Waals surface area contributed by atoms with Gasteiger partial charge in [-0.25, -0.2) is 8.42 Å². The van der Waals surface area contributed by atoms with E-state index in [2.05, 4.69) is 17.1 Å². The zero-order valence-electron chi connectivity index (χ0n) is 12.7. The summed E-state index contributed by atoms with van der Waals surface area (Å²) in [7, 11) is -3.38. The fourth-order valence-corrected chi connectivity index (χ4v) is 3.64. The monoisotopic (exact) mass is 324 g/mol. The van der Waals surface area contributed by atoms with E-state index in [0.29, 0.717) is 5.82 Å². The Morgan fingerprint density at radius 3 is 2.55 bits per heavy atom. The van der Waals surface area contributed by atoms with E-state index in [1.54, 1.807) is 6.92 Å². The first kappa shape index (κ1) is 16.6. The molecule has 22 heavy (non-hydrogen) atoms. The molecule has 1 aromatic heterocycles. The molecule has 0 radical (unpaired) electrons. The van der Waals surface area contributed by atoms with Gasteiger partial charge in [-0.15, -0.1) is 0 Å². The Hall–Kier alpha value is -1.73. The Morgan fingerprint density at radius 2 is 1.95 bits per heavy atom. The van der Waals surface area contributed by atoms with E-state index in [4.69, 9.17) is 9.63 Å². The Bertz CT molecular complexity index is 707. The molecule has 0 aliphatic carbocycles. The van der Waals surface area contributed by atoms with Crippen molar-refractivity contribution < 1.29 is 18.0 Å². The summed E-state index contributed by atoms with van der Waals surface area (Å²) in [5.74, 6) is -0.277. The van der Waals surface area contributed by atoms with Gasteiger partial charge in [-0.3, -0.25) is 0 Å². The molecule has 2 rings (SSSR count). The Labute approximate surface area is 130 Å². The van der Waals surface area contributed by atoms with Gasteiger partial charge in [0.1, 0.15) is 5.75 Å². The van der Waals surface area contributed by atoms with Crippen molar-refractivity contribution in [1.82, 2.24) is 10.1 Å². The first-order chi connectivity index (χ1) is 10.4. The van der Waals surface area contributed by atoms with E-state index in [1.165, 1.54) is 5.56 Å². The van der Waals surface area contributed by atoms with Gasteiger partial charge in [0, 0.05) is 12.2 Å². The van der Waals surface area contributed by atoms with Crippen molar-refractivity contribution in [2.24, 2.45) is 5.92 Å². The van der Waals surface area contributed by atoms with Crippen molar-refractivity contribution in [3.8, 4) is 11.4 Å². The van der Waals surface area contributed by atoms with Gasteiger partial charge in [-0.05, 0) is 17.9 Å². The van der Waals surface area contributed by atoms with Crippen LogP contribution in [0.15, 0.2) is 28.8 Å². The minimum absolute atomic E-state index is 0.0692. The van der Waals surface area contributed by atoms with Crippen LogP contribution in [0.4, 0.5) is 0 Å². The van der Waals surface area contributed by atoms with Gasteiger partial charge in [0.15, 0.2) is 9.84 Å². The first-order valence-electron chi connectivity index (χ1n) is 7.16. The highest BCUT2D eigenvalue weighted by molar-refractivity contribution is 7.90. The van der Waals surface area contributed by atoms with Crippen LogP contribution >= 0.6 is 0 Å². The van der Waals surface area contributed by atoms with E-state index < -0.39 is 9.84 Å². The lowest BCUT2D eigenvalue weighted by Gasteiger charge is -2.06. The Kier molecular flexibility index (Phi) is 5.31. The van der Waals surface area contributed by atoms with Gasteiger partial charge in [0.25, 0.3) is 0 Å². The first-order valence-corrected chi connectivity index (χ1v) is 8.99. The van der Waals surface area contributed by atoms with E-state index in [-0.39, 0.29) is 29.9 Å². The molecule has 1 unspecified atom stereocenters. The maximum Gasteiger partial charge on any atom is 0.242 e. The largest absolute Gasteiger partial charge is 0.396 e. The van der Waals surface area contributed by atoms with Crippen LogP contribution in [-0.2, 0) is 22.0 Å². The van der Waals surface area contributed by atoms with E-state index in [0.717, 1.165) is 12.0 Å². The van der Waals surface area contributed by atoms with Gasteiger partial charge < -0.3 is 9.63 Å². The molecule has 0 amide bonds. The van der Waals surface area contributed by atoms with Crippen molar-refractivity contribution in [3.05, 3.63) is 35.7 Å². The maximum atomic E-state index is 12.0. The number of nitrogens with zero attached hydrogens (tertiary/aromatic N) is 2. The van der Waals surface area contributed by atoms with Gasteiger partial charge in [-0.2, -0.15) is 4.98 Å². The smallest absolute Gasteiger partial charge is 0.242 e. The van der Waals surface area contributed by atoms with E-state index >= 15 is 0 Å². The molecule has 1 heterocycles. The van der Waals surface area contributed by atoms with Gasteiger partial charge in [0.05, 0.1) is 5.75 Å². The van der Waals surface area contributed by atoms with Crippen LogP contribution in [-0.4, -0.2) is 36.0 Å². The lowest BCUT2D eigenvalue weighted by molar-refractivity contribution is 0.249. The minimum atomic E-state index is -3.38. The molecule has 0 aliphatic rings. The van der Waals surface area contributed by atoms with Crippen LogP contribution in [0.3, 0.4) is 0 Å². The molecule has 2 aromatic rings. The summed E-state index contributed by atoms with van der Waals surface area (Å²) in [6, 6.07) is 7.72. The van der Waals surface area contributed by atoms with Crippen LogP contribution < -0.4 is 0 Å².